The Morgan fingerprint density at radius 3 is 2.40 bits per heavy atom. The van der Waals surface area contributed by atoms with E-state index in [0.29, 0.717) is 12.0 Å². The molecule has 0 aromatic rings. The molecule has 0 aromatic carbocycles. The van der Waals surface area contributed by atoms with Gasteiger partial charge in [-0.2, -0.15) is 0 Å². The van der Waals surface area contributed by atoms with Crippen LogP contribution in [0.4, 0.5) is 0 Å². The minimum Gasteiger partial charge on any atom is -0.480 e. The Morgan fingerprint density at radius 2 is 1.93 bits per heavy atom. The highest BCUT2D eigenvalue weighted by Gasteiger charge is 2.41. The number of hydrogen-bond acceptors (Lipinski definition) is 3. The number of rotatable bonds is 4. The molecule has 2 N–H and O–H groups in total. The molecule has 0 aromatic heterocycles. The molecule has 0 radical (unpaired) electrons. The summed E-state index contributed by atoms with van der Waals surface area (Å²) < 4.78 is 0. The highest BCUT2D eigenvalue weighted by Crippen LogP contribution is 2.36. The molecule has 0 bridgehead atoms. The van der Waals surface area contributed by atoms with Gasteiger partial charge < -0.3 is 10.4 Å². The summed E-state index contributed by atoms with van der Waals surface area (Å²) in [5, 5.41) is 12.5. The third kappa shape index (κ3) is 2.49. The van der Waals surface area contributed by atoms with Gasteiger partial charge in [0.25, 0.3) is 0 Å². The van der Waals surface area contributed by atoms with E-state index in [2.05, 4.69) is 10.2 Å². The quantitative estimate of drug-likeness (QED) is 0.714. The fraction of sp³-hybridized carbons (Fsp3) is 0.909. The summed E-state index contributed by atoms with van der Waals surface area (Å²) in [5.74, 6) is -0.235. The summed E-state index contributed by atoms with van der Waals surface area (Å²) in [4.78, 5) is 13.3. The number of carboxylic acids is 1. The first kappa shape index (κ1) is 10.9. The van der Waals surface area contributed by atoms with Gasteiger partial charge in [-0.1, -0.05) is 0 Å². The van der Waals surface area contributed by atoms with Gasteiger partial charge in [-0.15, -0.1) is 0 Å². The minimum absolute atomic E-state index is 0.243. The van der Waals surface area contributed by atoms with E-state index >= 15 is 0 Å². The lowest BCUT2D eigenvalue weighted by molar-refractivity contribution is -0.144. The summed E-state index contributed by atoms with van der Waals surface area (Å²) in [6.07, 6.45) is 4.33. The highest BCUT2D eigenvalue weighted by molar-refractivity contribution is 5.74. The van der Waals surface area contributed by atoms with Crippen molar-refractivity contribution in [2.24, 2.45) is 5.92 Å². The van der Waals surface area contributed by atoms with Crippen molar-refractivity contribution in [2.75, 3.05) is 20.1 Å². The van der Waals surface area contributed by atoms with Crippen molar-refractivity contribution < 1.29 is 9.90 Å². The molecule has 1 saturated heterocycles. The maximum Gasteiger partial charge on any atom is 0.321 e. The van der Waals surface area contributed by atoms with Crippen LogP contribution >= 0.6 is 0 Å². The first-order valence-corrected chi connectivity index (χ1v) is 5.85. The molecule has 1 atom stereocenters. The Hall–Kier alpha value is -0.610. The van der Waals surface area contributed by atoms with Crippen molar-refractivity contribution >= 4 is 5.97 Å². The summed E-state index contributed by atoms with van der Waals surface area (Å²) in [6.45, 7) is 2.04. The van der Waals surface area contributed by atoms with Crippen LogP contribution in [0.2, 0.25) is 0 Å². The van der Waals surface area contributed by atoms with E-state index in [1.807, 2.05) is 7.05 Å². The molecule has 2 aliphatic rings. The van der Waals surface area contributed by atoms with Crippen LogP contribution in [0.1, 0.15) is 25.7 Å². The van der Waals surface area contributed by atoms with E-state index < -0.39 is 5.97 Å². The van der Waals surface area contributed by atoms with Crippen LogP contribution in [0.3, 0.4) is 0 Å². The van der Waals surface area contributed by atoms with Crippen LogP contribution in [0.5, 0.6) is 0 Å². The van der Waals surface area contributed by atoms with Gasteiger partial charge in [0, 0.05) is 6.04 Å². The third-order valence-corrected chi connectivity index (χ3v) is 3.64. The first-order valence-electron chi connectivity index (χ1n) is 5.85. The number of likely N-dealkylation sites (N-methyl/N-ethyl adjacent to an activating group) is 1. The van der Waals surface area contributed by atoms with Crippen LogP contribution in [0, 0.1) is 5.92 Å². The largest absolute Gasteiger partial charge is 0.480 e. The van der Waals surface area contributed by atoms with Gasteiger partial charge >= 0.3 is 5.97 Å². The van der Waals surface area contributed by atoms with Crippen LogP contribution < -0.4 is 5.32 Å². The molecule has 0 spiro atoms. The smallest absolute Gasteiger partial charge is 0.321 e. The number of nitrogens with zero attached hydrogens (tertiary/aromatic N) is 1. The van der Waals surface area contributed by atoms with Crippen LogP contribution in [-0.2, 0) is 4.79 Å². The molecule has 2 fully saturated rings. The van der Waals surface area contributed by atoms with Gasteiger partial charge in [0.1, 0.15) is 6.04 Å². The Morgan fingerprint density at radius 1 is 1.33 bits per heavy atom. The minimum atomic E-state index is -0.640. The van der Waals surface area contributed by atoms with Gasteiger partial charge in [-0.25, -0.2) is 0 Å². The molecule has 1 saturated carbocycles. The zero-order chi connectivity index (χ0) is 10.8. The molecule has 15 heavy (non-hydrogen) atoms. The van der Waals surface area contributed by atoms with Crippen LogP contribution in [0.25, 0.3) is 0 Å². The summed E-state index contributed by atoms with van der Waals surface area (Å²) in [7, 11) is 1.98. The Bertz CT molecular complexity index is 235. The summed E-state index contributed by atoms with van der Waals surface area (Å²) in [5.41, 5.74) is 0. The highest BCUT2D eigenvalue weighted by atomic mass is 16.4. The standard InChI is InChI=1S/C11H20N2O2/c1-13(9-4-6-12-7-5-9)10(11(14)15)8-2-3-8/h8-10,12H,2-7H2,1H3,(H,14,15). The van der Waals surface area contributed by atoms with Crippen molar-refractivity contribution in [3.8, 4) is 0 Å². The van der Waals surface area contributed by atoms with Gasteiger partial charge in [0.05, 0.1) is 0 Å². The van der Waals surface area contributed by atoms with Crippen LogP contribution in [-0.4, -0.2) is 48.2 Å². The molecule has 0 amide bonds. The predicted molar refractivity (Wildman–Crippen MR) is 57.8 cm³/mol. The molecular formula is C11H20N2O2. The molecule has 1 unspecified atom stereocenters. The van der Waals surface area contributed by atoms with E-state index in [9.17, 15) is 9.90 Å². The summed E-state index contributed by atoms with van der Waals surface area (Å²) >= 11 is 0. The number of carbonyl (C=O) groups is 1. The molecule has 2 rings (SSSR count). The third-order valence-electron chi connectivity index (χ3n) is 3.64. The fourth-order valence-corrected chi connectivity index (χ4v) is 2.56. The predicted octanol–water partition coefficient (Wildman–Crippen LogP) is 0.533. The number of hydrogen-bond donors (Lipinski definition) is 2. The number of nitrogens with one attached hydrogen (secondary N) is 1. The number of carboxylic acid groups (broad SMARTS) is 1. The molecule has 4 nitrogen and oxygen atoms in total. The second kappa shape index (κ2) is 4.49. The summed E-state index contributed by atoms with van der Waals surface area (Å²) in [6, 6.07) is 0.209. The van der Waals surface area contributed by atoms with Gasteiger partial charge in [-0.3, -0.25) is 9.69 Å². The zero-order valence-electron chi connectivity index (χ0n) is 9.28. The van der Waals surface area contributed by atoms with E-state index in [1.165, 1.54) is 0 Å². The van der Waals surface area contributed by atoms with E-state index in [-0.39, 0.29) is 6.04 Å². The Kier molecular flexibility index (Phi) is 3.26. The van der Waals surface area contributed by atoms with Crippen molar-refractivity contribution in [1.29, 1.82) is 0 Å². The van der Waals surface area contributed by atoms with Crippen molar-refractivity contribution in [2.45, 2.75) is 37.8 Å². The van der Waals surface area contributed by atoms with Gasteiger partial charge in [0.2, 0.25) is 0 Å². The van der Waals surface area contributed by atoms with Gasteiger partial charge in [0.15, 0.2) is 0 Å². The van der Waals surface area contributed by atoms with Crippen molar-refractivity contribution in [3.63, 3.8) is 0 Å². The molecule has 1 aliphatic carbocycles. The van der Waals surface area contributed by atoms with E-state index in [4.69, 9.17) is 0 Å². The topological polar surface area (TPSA) is 52.6 Å². The maximum absolute atomic E-state index is 11.2. The fourth-order valence-electron chi connectivity index (χ4n) is 2.56. The first-order chi connectivity index (χ1) is 7.20. The lowest BCUT2D eigenvalue weighted by Gasteiger charge is -2.35. The second-order valence-corrected chi connectivity index (χ2v) is 4.77. The maximum atomic E-state index is 11.2. The van der Waals surface area contributed by atoms with Crippen molar-refractivity contribution in [3.05, 3.63) is 0 Å². The van der Waals surface area contributed by atoms with E-state index in [0.717, 1.165) is 38.8 Å². The molecule has 1 aliphatic heterocycles. The lowest BCUT2D eigenvalue weighted by Crippen LogP contribution is -2.49. The average molecular weight is 212 g/mol. The number of aliphatic carboxylic acids is 1. The second-order valence-electron chi connectivity index (χ2n) is 4.77. The monoisotopic (exact) mass is 212 g/mol. The molecule has 4 heteroatoms. The Labute approximate surface area is 90.6 Å². The SMILES string of the molecule is CN(C1CCNCC1)C(C(=O)O)C1CC1. The molecule has 86 valence electrons. The molecule has 1 heterocycles. The Balaban J connectivity index is 1.96. The normalized spacial score (nSPS) is 25.5. The van der Waals surface area contributed by atoms with Crippen LogP contribution in [0.15, 0.2) is 0 Å². The number of piperidine rings is 1. The lowest BCUT2D eigenvalue weighted by atomic mass is 10.0. The molecular weight excluding hydrogens is 192 g/mol. The zero-order valence-corrected chi connectivity index (χ0v) is 9.28. The average Bonchev–Trinajstić information content (AvgIpc) is 3.03. The van der Waals surface area contributed by atoms with Crippen molar-refractivity contribution in [1.82, 2.24) is 10.2 Å². The van der Waals surface area contributed by atoms with Gasteiger partial charge in [-0.05, 0) is 51.7 Å². The van der Waals surface area contributed by atoms with E-state index in [1.54, 1.807) is 0 Å².